The molecule has 1 N–H and O–H groups in total. The van der Waals surface area contributed by atoms with Crippen LogP contribution >= 0.6 is 0 Å². The Morgan fingerprint density at radius 1 is 1.19 bits per heavy atom. The van der Waals surface area contributed by atoms with Crippen molar-refractivity contribution in [3.63, 3.8) is 0 Å². The monoisotopic (exact) mass is 221 g/mol. The summed E-state index contributed by atoms with van der Waals surface area (Å²) in [6.45, 7) is 6.09. The minimum absolute atomic E-state index is 0.631. The zero-order valence-electron chi connectivity index (χ0n) is 10.6. The van der Waals surface area contributed by atoms with E-state index in [2.05, 4.69) is 43.4 Å². The zero-order valence-corrected chi connectivity index (χ0v) is 10.6. The summed E-state index contributed by atoms with van der Waals surface area (Å²) in [5, 5.41) is 3.56. The molecule has 0 heterocycles. The summed E-state index contributed by atoms with van der Waals surface area (Å²) < 4.78 is 5.13. The molecule has 0 amide bonds. The minimum Gasteiger partial charge on any atom is -0.380 e. The largest absolute Gasteiger partial charge is 0.380 e. The van der Waals surface area contributed by atoms with Crippen molar-refractivity contribution in [2.24, 2.45) is 0 Å². The van der Waals surface area contributed by atoms with Gasteiger partial charge in [0.2, 0.25) is 0 Å². The standard InChI is InChI=1S/C14H23NO/c1-4-14(5-2)15-10-12-7-6-8-13(9-12)11-16-3/h6-9,14-15H,4-5,10-11H2,1-3H3. The highest BCUT2D eigenvalue weighted by Crippen LogP contribution is 2.07. The fraction of sp³-hybridized carbons (Fsp3) is 0.571. The number of nitrogens with one attached hydrogen (secondary N) is 1. The van der Waals surface area contributed by atoms with Gasteiger partial charge in [-0.2, -0.15) is 0 Å². The van der Waals surface area contributed by atoms with Crippen molar-refractivity contribution in [2.75, 3.05) is 7.11 Å². The number of benzene rings is 1. The molecule has 0 unspecified atom stereocenters. The molecule has 0 radical (unpaired) electrons. The van der Waals surface area contributed by atoms with Gasteiger partial charge >= 0.3 is 0 Å². The molecular formula is C14H23NO. The predicted octanol–water partition coefficient (Wildman–Crippen LogP) is 3.11. The van der Waals surface area contributed by atoms with Crippen LogP contribution in [-0.2, 0) is 17.9 Å². The van der Waals surface area contributed by atoms with Crippen LogP contribution in [0, 0.1) is 0 Å². The Morgan fingerprint density at radius 3 is 2.50 bits per heavy atom. The van der Waals surface area contributed by atoms with E-state index < -0.39 is 0 Å². The van der Waals surface area contributed by atoms with Gasteiger partial charge in [0.25, 0.3) is 0 Å². The minimum atomic E-state index is 0.631. The third-order valence-electron chi connectivity index (χ3n) is 2.88. The van der Waals surface area contributed by atoms with Crippen molar-refractivity contribution < 1.29 is 4.74 Å². The van der Waals surface area contributed by atoms with Crippen molar-refractivity contribution in [1.29, 1.82) is 0 Å². The van der Waals surface area contributed by atoms with Gasteiger partial charge in [0.05, 0.1) is 6.61 Å². The fourth-order valence-corrected chi connectivity index (χ4v) is 1.84. The molecule has 0 saturated carbocycles. The quantitative estimate of drug-likeness (QED) is 0.764. The molecule has 0 aliphatic heterocycles. The van der Waals surface area contributed by atoms with Crippen LogP contribution in [0.15, 0.2) is 24.3 Å². The molecular weight excluding hydrogens is 198 g/mol. The Bertz CT molecular complexity index is 295. The highest BCUT2D eigenvalue weighted by atomic mass is 16.5. The lowest BCUT2D eigenvalue weighted by Gasteiger charge is -2.14. The maximum absolute atomic E-state index is 5.13. The number of hydrogen-bond donors (Lipinski definition) is 1. The third kappa shape index (κ3) is 4.33. The highest BCUT2D eigenvalue weighted by Gasteiger charge is 2.02. The first-order chi connectivity index (χ1) is 7.80. The van der Waals surface area contributed by atoms with Crippen LogP contribution in [0.5, 0.6) is 0 Å². The van der Waals surface area contributed by atoms with Gasteiger partial charge in [-0.15, -0.1) is 0 Å². The van der Waals surface area contributed by atoms with Gasteiger partial charge in [-0.3, -0.25) is 0 Å². The number of rotatable bonds is 7. The SMILES string of the molecule is CCC(CC)NCc1cccc(COC)c1. The van der Waals surface area contributed by atoms with Crippen molar-refractivity contribution in [3.8, 4) is 0 Å². The number of hydrogen-bond acceptors (Lipinski definition) is 2. The first-order valence-electron chi connectivity index (χ1n) is 6.10. The third-order valence-corrected chi connectivity index (χ3v) is 2.88. The molecule has 1 aromatic rings. The molecule has 0 bridgehead atoms. The van der Waals surface area contributed by atoms with Gasteiger partial charge < -0.3 is 10.1 Å². The Hall–Kier alpha value is -0.860. The van der Waals surface area contributed by atoms with E-state index in [1.807, 2.05) is 0 Å². The molecule has 0 aliphatic carbocycles. The molecule has 16 heavy (non-hydrogen) atoms. The zero-order chi connectivity index (χ0) is 11.8. The highest BCUT2D eigenvalue weighted by molar-refractivity contribution is 5.22. The maximum Gasteiger partial charge on any atom is 0.0713 e. The van der Waals surface area contributed by atoms with E-state index in [1.165, 1.54) is 24.0 Å². The van der Waals surface area contributed by atoms with Crippen LogP contribution in [0.3, 0.4) is 0 Å². The lowest BCUT2D eigenvalue weighted by atomic mass is 10.1. The van der Waals surface area contributed by atoms with Crippen LogP contribution in [0.1, 0.15) is 37.8 Å². The summed E-state index contributed by atoms with van der Waals surface area (Å²) in [5.74, 6) is 0. The molecule has 0 fully saturated rings. The van der Waals surface area contributed by atoms with E-state index in [0.29, 0.717) is 12.6 Å². The summed E-state index contributed by atoms with van der Waals surface area (Å²) in [6, 6.07) is 9.20. The molecule has 2 nitrogen and oxygen atoms in total. The average molecular weight is 221 g/mol. The van der Waals surface area contributed by atoms with Crippen LogP contribution in [0.2, 0.25) is 0 Å². The Kier molecular flexibility index (Phi) is 6.12. The summed E-state index contributed by atoms with van der Waals surface area (Å²) in [4.78, 5) is 0. The smallest absolute Gasteiger partial charge is 0.0713 e. The van der Waals surface area contributed by atoms with Crippen molar-refractivity contribution in [3.05, 3.63) is 35.4 Å². The molecule has 1 rings (SSSR count). The summed E-state index contributed by atoms with van der Waals surface area (Å²) in [6.07, 6.45) is 2.38. The van der Waals surface area contributed by atoms with Gasteiger partial charge in [-0.1, -0.05) is 38.1 Å². The number of ether oxygens (including phenoxy) is 1. The van der Waals surface area contributed by atoms with Crippen LogP contribution in [0.4, 0.5) is 0 Å². The number of methoxy groups -OCH3 is 1. The molecule has 90 valence electrons. The van der Waals surface area contributed by atoms with Crippen LogP contribution in [-0.4, -0.2) is 13.2 Å². The normalized spacial score (nSPS) is 11.0. The Labute approximate surface area is 99.0 Å². The molecule has 0 aromatic heterocycles. The molecule has 0 atom stereocenters. The van der Waals surface area contributed by atoms with Crippen LogP contribution < -0.4 is 5.32 Å². The van der Waals surface area contributed by atoms with Gasteiger partial charge in [-0.25, -0.2) is 0 Å². The van der Waals surface area contributed by atoms with E-state index in [-0.39, 0.29) is 0 Å². The lowest BCUT2D eigenvalue weighted by molar-refractivity contribution is 0.185. The molecule has 2 heteroatoms. The lowest BCUT2D eigenvalue weighted by Crippen LogP contribution is -2.26. The maximum atomic E-state index is 5.13. The second kappa shape index (κ2) is 7.42. The molecule has 0 aliphatic rings. The van der Waals surface area contributed by atoms with Gasteiger partial charge in [-0.05, 0) is 24.0 Å². The average Bonchev–Trinajstić information content (AvgIpc) is 2.31. The van der Waals surface area contributed by atoms with E-state index in [4.69, 9.17) is 4.74 Å². The van der Waals surface area contributed by atoms with Crippen molar-refractivity contribution >= 4 is 0 Å². The topological polar surface area (TPSA) is 21.3 Å². The summed E-state index contributed by atoms with van der Waals surface area (Å²) >= 11 is 0. The summed E-state index contributed by atoms with van der Waals surface area (Å²) in [7, 11) is 1.73. The van der Waals surface area contributed by atoms with Crippen LogP contribution in [0.25, 0.3) is 0 Å². The molecule has 0 spiro atoms. The second-order valence-corrected chi connectivity index (χ2v) is 4.15. The van der Waals surface area contributed by atoms with E-state index in [9.17, 15) is 0 Å². The fourth-order valence-electron chi connectivity index (χ4n) is 1.84. The predicted molar refractivity (Wildman–Crippen MR) is 68.4 cm³/mol. The molecule has 0 saturated heterocycles. The van der Waals surface area contributed by atoms with Gasteiger partial charge in [0.1, 0.15) is 0 Å². The first kappa shape index (κ1) is 13.2. The van der Waals surface area contributed by atoms with Gasteiger partial charge in [0.15, 0.2) is 0 Å². The van der Waals surface area contributed by atoms with Crippen molar-refractivity contribution in [2.45, 2.75) is 45.9 Å². The Balaban J connectivity index is 2.49. The van der Waals surface area contributed by atoms with E-state index in [1.54, 1.807) is 7.11 Å². The summed E-state index contributed by atoms with van der Waals surface area (Å²) in [5.41, 5.74) is 2.58. The first-order valence-corrected chi connectivity index (χ1v) is 6.10. The van der Waals surface area contributed by atoms with E-state index in [0.717, 1.165) is 6.54 Å². The van der Waals surface area contributed by atoms with E-state index >= 15 is 0 Å². The Morgan fingerprint density at radius 2 is 1.88 bits per heavy atom. The van der Waals surface area contributed by atoms with Crippen molar-refractivity contribution in [1.82, 2.24) is 5.32 Å². The molecule has 1 aromatic carbocycles. The van der Waals surface area contributed by atoms with Gasteiger partial charge in [0, 0.05) is 19.7 Å². The second-order valence-electron chi connectivity index (χ2n) is 4.15.